The fraction of sp³-hybridized carbons (Fsp3) is 0.188. The Hall–Kier alpha value is -2.29. The minimum Gasteiger partial charge on any atom is -0.400 e. The highest BCUT2D eigenvalue weighted by Crippen LogP contribution is 2.21. The summed E-state index contributed by atoms with van der Waals surface area (Å²) in [6.07, 6.45) is 4.17. The highest BCUT2D eigenvalue weighted by molar-refractivity contribution is 5.82. The number of nitrogens with one attached hydrogen (secondary N) is 1. The van der Waals surface area contributed by atoms with Gasteiger partial charge in [-0.05, 0) is 37.2 Å². The molecule has 0 aliphatic heterocycles. The zero-order chi connectivity index (χ0) is 13.8. The van der Waals surface area contributed by atoms with Crippen molar-refractivity contribution in [2.45, 2.75) is 20.3 Å². The molecule has 1 aromatic heterocycles. The van der Waals surface area contributed by atoms with E-state index in [0.29, 0.717) is 6.42 Å². The van der Waals surface area contributed by atoms with Crippen molar-refractivity contribution >= 4 is 10.9 Å². The van der Waals surface area contributed by atoms with E-state index in [-0.39, 0.29) is 0 Å². The van der Waals surface area contributed by atoms with Crippen molar-refractivity contribution in [3.05, 3.63) is 65.8 Å². The largest absolute Gasteiger partial charge is 0.400 e. The lowest BCUT2D eigenvalue weighted by molar-refractivity contribution is 0.957. The van der Waals surface area contributed by atoms with Gasteiger partial charge in [-0.25, -0.2) is 0 Å². The number of rotatable bonds is 4. The van der Waals surface area contributed by atoms with E-state index in [0.717, 1.165) is 22.3 Å². The lowest BCUT2D eigenvalue weighted by Crippen LogP contribution is -2.13. The van der Waals surface area contributed by atoms with Gasteiger partial charge in [-0.1, -0.05) is 24.8 Å². The van der Waals surface area contributed by atoms with Gasteiger partial charge in [0.2, 0.25) is 0 Å². The summed E-state index contributed by atoms with van der Waals surface area (Å²) in [5.74, 6) is 0. The molecule has 19 heavy (non-hydrogen) atoms. The van der Waals surface area contributed by atoms with Crippen LogP contribution in [0, 0.1) is 6.92 Å². The maximum Gasteiger partial charge on any atom is 0.0733 e. The van der Waals surface area contributed by atoms with Crippen molar-refractivity contribution < 1.29 is 0 Å². The first kappa shape index (κ1) is 13.1. The summed E-state index contributed by atoms with van der Waals surface area (Å²) >= 11 is 0. The van der Waals surface area contributed by atoms with Crippen molar-refractivity contribution in [2.24, 2.45) is 5.73 Å². The summed E-state index contributed by atoms with van der Waals surface area (Å²) in [5, 5.41) is 4.18. The minimum absolute atomic E-state index is 0.713. The van der Waals surface area contributed by atoms with Gasteiger partial charge in [0.05, 0.1) is 5.52 Å². The molecule has 0 amide bonds. The van der Waals surface area contributed by atoms with Crippen LogP contribution in [0.25, 0.3) is 10.9 Å². The lowest BCUT2D eigenvalue weighted by Gasteiger charge is -2.11. The topological polar surface area (TPSA) is 50.9 Å². The minimum atomic E-state index is 0.713. The number of nitrogens with zero attached hydrogens (tertiary/aromatic N) is 1. The summed E-state index contributed by atoms with van der Waals surface area (Å²) in [4.78, 5) is 4.44. The van der Waals surface area contributed by atoms with Crippen molar-refractivity contribution in [2.75, 3.05) is 0 Å². The molecule has 0 saturated carbocycles. The van der Waals surface area contributed by atoms with Crippen LogP contribution in [0.2, 0.25) is 0 Å². The molecule has 1 heterocycles. The van der Waals surface area contributed by atoms with E-state index in [1.54, 1.807) is 6.20 Å². The fourth-order valence-corrected chi connectivity index (χ4v) is 2.11. The fourth-order valence-electron chi connectivity index (χ4n) is 2.11. The maximum atomic E-state index is 6.10. The van der Waals surface area contributed by atoms with Crippen LogP contribution in [0.15, 0.2) is 54.6 Å². The second-order valence-electron chi connectivity index (χ2n) is 4.60. The third kappa shape index (κ3) is 2.76. The molecule has 0 saturated heterocycles. The molecule has 0 aliphatic carbocycles. The van der Waals surface area contributed by atoms with E-state index in [2.05, 4.69) is 42.0 Å². The molecule has 2 rings (SSSR count). The van der Waals surface area contributed by atoms with E-state index < -0.39 is 0 Å². The number of pyridine rings is 1. The van der Waals surface area contributed by atoms with Crippen LogP contribution in [0.5, 0.6) is 0 Å². The van der Waals surface area contributed by atoms with Gasteiger partial charge in [0, 0.05) is 29.4 Å². The highest BCUT2D eigenvalue weighted by Gasteiger charge is 2.06. The van der Waals surface area contributed by atoms with Crippen LogP contribution in [0.4, 0.5) is 0 Å². The van der Waals surface area contributed by atoms with Crippen LogP contribution in [-0.2, 0) is 6.42 Å². The second-order valence-corrected chi connectivity index (χ2v) is 4.60. The Kier molecular flexibility index (Phi) is 3.85. The number of fused-ring (bicyclic) bond motifs is 1. The number of aryl methyl sites for hydroxylation is 1. The predicted molar refractivity (Wildman–Crippen MR) is 80.4 cm³/mol. The van der Waals surface area contributed by atoms with Gasteiger partial charge in [-0.2, -0.15) is 0 Å². The van der Waals surface area contributed by atoms with Crippen molar-refractivity contribution in [3.63, 3.8) is 0 Å². The van der Waals surface area contributed by atoms with Crippen LogP contribution in [0.1, 0.15) is 18.1 Å². The van der Waals surface area contributed by atoms with Crippen LogP contribution >= 0.6 is 0 Å². The molecule has 0 bridgehead atoms. The molecular weight excluding hydrogens is 234 g/mol. The molecule has 0 radical (unpaired) electrons. The third-order valence-corrected chi connectivity index (χ3v) is 3.32. The molecule has 3 heteroatoms. The average Bonchev–Trinajstić information content (AvgIpc) is 2.42. The number of benzene rings is 1. The molecular formula is C16H19N3. The summed E-state index contributed by atoms with van der Waals surface area (Å²) in [6, 6.07) is 8.23. The standard InChI is InChI=1S/C16H19N3/c1-4-18-12(3)15(17)10-14-8-7-13-6-5-9-19-16(13)11(14)2/h4-9,18H,1,10,17H2,2-3H3/b15-12-. The van der Waals surface area contributed by atoms with Crippen LogP contribution in [0.3, 0.4) is 0 Å². The maximum absolute atomic E-state index is 6.10. The third-order valence-electron chi connectivity index (χ3n) is 3.32. The van der Waals surface area contributed by atoms with Gasteiger partial charge >= 0.3 is 0 Å². The zero-order valence-corrected chi connectivity index (χ0v) is 11.4. The zero-order valence-electron chi connectivity index (χ0n) is 11.4. The first-order valence-electron chi connectivity index (χ1n) is 6.29. The van der Waals surface area contributed by atoms with E-state index in [1.165, 1.54) is 11.1 Å². The van der Waals surface area contributed by atoms with Crippen molar-refractivity contribution in [1.29, 1.82) is 0 Å². The smallest absolute Gasteiger partial charge is 0.0733 e. The number of nitrogens with two attached hydrogens (primary N) is 1. The average molecular weight is 253 g/mol. The van der Waals surface area contributed by atoms with Crippen molar-refractivity contribution in [1.82, 2.24) is 10.3 Å². The Bertz CT molecular complexity index is 641. The Morgan fingerprint density at radius 2 is 2.21 bits per heavy atom. The normalized spacial score (nSPS) is 12.1. The molecule has 2 aromatic rings. The monoisotopic (exact) mass is 253 g/mol. The molecule has 0 atom stereocenters. The Balaban J connectivity index is 2.39. The van der Waals surface area contributed by atoms with E-state index >= 15 is 0 Å². The van der Waals surface area contributed by atoms with E-state index in [1.807, 2.05) is 19.2 Å². The van der Waals surface area contributed by atoms with Gasteiger partial charge in [-0.3, -0.25) is 4.98 Å². The summed E-state index contributed by atoms with van der Waals surface area (Å²) in [7, 11) is 0. The van der Waals surface area contributed by atoms with Gasteiger partial charge < -0.3 is 11.1 Å². The molecule has 3 N–H and O–H groups in total. The Morgan fingerprint density at radius 1 is 1.42 bits per heavy atom. The van der Waals surface area contributed by atoms with Crippen LogP contribution < -0.4 is 11.1 Å². The molecule has 0 spiro atoms. The molecule has 98 valence electrons. The number of aromatic nitrogens is 1. The van der Waals surface area contributed by atoms with E-state index in [4.69, 9.17) is 5.73 Å². The Morgan fingerprint density at radius 3 is 2.95 bits per heavy atom. The lowest BCUT2D eigenvalue weighted by atomic mass is 10.00. The number of hydrogen-bond donors (Lipinski definition) is 2. The molecule has 0 unspecified atom stereocenters. The summed E-state index contributed by atoms with van der Waals surface area (Å²) in [6.45, 7) is 7.68. The summed E-state index contributed by atoms with van der Waals surface area (Å²) < 4.78 is 0. The summed E-state index contributed by atoms with van der Waals surface area (Å²) in [5.41, 5.74) is 11.3. The molecule has 0 fully saturated rings. The van der Waals surface area contributed by atoms with Gasteiger partial charge in [0.15, 0.2) is 0 Å². The molecule has 0 aliphatic rings. The van der Waals surface area contributed by atoms with Gasteiger partial charge in [-0.15, -0.1) is 0 Å². The quantitative estimate of drug-likeness (QED) is 0.880. The number of hydrogen-bond acceptors (Lipinski definition) is 3. The SMILES string of the molecule is C=CN/C(C)=C(\N)Cc1ccc2cccnc2c1C. The number of allylic oxidation sites excluding steroid dienone is 2. The predicted octanol–water partition coefficient (Wildman–Crippen LogP) is 3.01. The van der Waals surface area contributed by atoms with E-state index in [9.17, 15) is 0 Å². The van der Waals surface area contributed by atoms with Crippen LogP contribution in [-0.4, -0.2) is 4.98 Å². The first-order chi connectivity index (χ1) is 9.13. The van der Waals surface area contributed by atoms with Gasteiger partial charge in [0.1, 0.15) is 0 Å². The molecule has 1 aromatic carbocycles. The Labute approximate surface area is 113 Å². The second kappa shape index (κ2) is 5.57. The van der Waals surface area contributed by atoms with Gasteiger partial charge in [0.25, 0.3) is 0 Å². The van der Waals surface area contributed by atoms with Crippen molar-refractivity contribution in [3.8, 4) is 0 Å². The molecule has 3 nitrogen and oxygen atoms in total. The highest BCUT2D eigenvalue weighted by atomic mass is 14.9. The first-order valence-corrected chi connectivity index (χ1v) is 6.29.